The lowest BCUT2D eigenvalue weighted by molar-refractivity contribution is -0.102. The maximum atomic E-state index is 14.1. The van der Waals surface area contributed by atoms with E-state index in [0.29, 0.717) is 30.6 Å². The van der Waals surface area contributed by atoms with Gasteiger partial charge < -0.3 is 9.80 Å². The number of amidine groups is 1. The first-order chi connectivity index (χ1) is 14.0. The molecule has 1 atom stereocenters. The first kappa shape index (κ1) is 18.6. The zero-order valence-corrected chi connectivity index (χ0v) is 16.2. The lowest BCUT2D eigenvalue weighted by Gasteiger charge is -2.39. The maximum Gasteiger partial charge on any atom is 0.418 e. The average molecular weight is 402 g/mol. The minimum absolute atomic E-state index is 0.292. The summed E-state index contributed by atoms with van der Waals surface area (Å²) in [5.74, 6) is 1.70. The molecule has 1 saturated carbocycles. The third kappa shape index (κ3) is 3.63. The summed E-state index contributed by atoms with van der Waals surface area (Å²) in [6, 6.07) is 10.3. The predicted molar refractivity (Wildman–Crippen MR) is 106 cm³/mol. The minimum Gasteiger partial charge on any atom is -0.371 e. The van der Waals surface area contributed by atoms with Gasteiger partial charge in [0.2, 0.25) is 0 Å². The third-order valence-corrected chi connectivity index (χ3v) is 6.41. The second-order valence-electron chi connectivity index (χ2n) is 8.40. The van der Waals surface area contributed by atoms with Crippen LogP contribution in [0.4, 0.5) is 13.2 Å². The number of nitrogens with zero attached hydrogens (tertiary/aromatic N) is 3. The van der Waals surface area contributed by atoms with Crippen molar-refractivity contribution in [2.45, 2.75) is 50.4 Å². The van der Waals surface area contributed by atoms with Gasteiger partial charge in [-0.1, -0.05) is 30.3 Å². The Bertz CT molecular complexity index is 847. The Labute approximate surface area is 168 Å². The third-order valence-electron chi connectivity index (χ3n) is 6.41. The van der Waals surface area contributed by atoms with Gasteiger partial charge in [0.05, 0.1) is 5.70 Å². The van der Waals surface area contributed by atoms with Crippen molar-refractivity contribution in [2.75, 3.05) is 13.1 Å². The Balaban J connectivity index is 1.35. The van der Waals surface area contributed by atoms with Crippen LogP contribution in [0.1, 0.15) is 43.6 Å². The molecule has 154 valence electrons. The summed E-state index contributed by atoms with van der Waals surface area (Å²) >= 11 is 0. The second-order valence-corrected chi connectivity index (χ2v) is 8.40. The molecule has 3 heterocycles. The number of rotatable bonds is 4. The molecule has 0 aromatic heterocycles. The molecule has 1 aromatic carbocycles. The molecule has 1 aliphatic carbocycles. The van der Waals surface area contributed by atoms with E-state index in [-0.39, 0.29) is 0 Å². The molecule has 5 rings (SSSR count). The minimum atomic E-state index is -4.41. The summed E-state index contributed by atoms with van der Waals surface area (Å²) in [6.07, 6.45) is 2.81. The van der Waals surface area contributed by atoms with Gasteiger partial charge in [0, 0.05) is 25.7 Å². The molecule has 3 aliphatic heterocycles. The molecule has 0 bridgehead atoms. The average Bonchev–Trinajstić information content (AvgIpc) is 3.46. The van der Waals surface area contributed by atoms with Crippen LogP contribution in [-0.4, -0.2) is 41.1 Å². The van der Waals surface area contributed by atoms with Crippen molar-refractivity contribution in [1.82, 2.24) is 15.2 Å². The van der Waals surface area contributed by atoms with E-state index in [9.17, 15) is 13.2 Å². The van der Waals surface area contributed by atoms with Gasteiger partial charge in [-0.25, -0.2) is 0 Å². The van der Waals surface area contributed by atoms with E-state index in [1.54, 1.807) is 17.2 Å². The fourth-order valence-electron chi connectivity index (χ4n) is 4.65. The number of hydrogen-bond acceptors (Lipinski definition) is 4. The number of benzene rings is 1. The second kappa shape index (κ2) is 7.11. The van der Waals surface area contributed by atoms with Crippen LogP contribution in [0.15, 0.2) is 59.0 Å². The zero-order chi connectivity index (χ0) is 20.0. The number of hydrazone groups is 1. The molecule has 0 amide bonds. The van der Waals surface area contributed by atoms with Crippen LogP contribution in [0.3, 0.4) is 0 Å². The van der Waals surface area contributed by atoms with Gasteiger partial charge in [-0.2, -0.15) is 18.3 Å². The molecule has 7 heteroatoms. The highest BCUT2D eigenvalue weighted by Crippen LogP contribution is 2.41. The Morgan fingerprint density at radius 3 is 2.41 bits per heavy atom. The number of hydrogen-bond donors (Lipinski definition) is 1. The van der Waals surface area contributed by atoms with Crippen molar-refractivity contribution >= 4 is 5.84 Å². The number of halogens is 3. The van der Waals surface area contributed by atoms with Gasteiger partial charge in [-0.3, -0.25) is 5.43 Å². The largest absolute Gasteiger partial charge is 0.418 e. The molecule has 1 aromatic rings. The molecule has 1 N–H and O–H groups in total. The smallest absolute Gasteiger partial charge is 0.371 e. The van der Waals surface area contributed by atoms with Crippen molar-refractivity contribution in [3.05, 3.63) is 59.4 Å². The van der Waals surface area contributed by atoms with E-state index in [0.717, 1.165) is 37.9 Å². The summed E-state index contributed by atoms with van der Waals surface area (Å²) in [7, 11) is 0. The van der Waals surface area contributed by atoms with Gasteiger partial charge in [-0.15, -0.1) is 0 Å². The van der Waals surface area contributed by atoms with Gasteiger partial charge >= 0.3 is 6.18 Å². The van der Waals surface area contributed by atoms with Gasteiger partial charge in [0.1, 0.15) is 11.4 Å². The number of piperidine rings is 1. The summed E-state index contributed by atoms with van der Waals surface area (Å²) < 4.78 is 42.3. The fourth-order valence-corrected chi connectivity index (χ4v) is 4.65. The van der Waals surface area contributed by atoms with Crippen molar-refractivity contribution in [2.24, 2.45) is 11.0 Å². The first-order valence-corrected chi connectivity index (χ1v) is 10.4. The van der Waals surface area contributed by atoms with Crippen molar-refractivity contribution in [3.63, 3.8) is 0 Å². The van der Waals surface area contributed by atoms with Gasteiger partial charge in [0.25, 0.3) is 0 Å². The Kier molecular flexibility index (Phi) is 4.56. The number of likely N-dealkylation sites (tertiary alicyclic amines) is 1. The van der Waals surface area contributed by atoms with Crippen LogP contribution in [0.25, 0.3) is 0 Å². The molecular weight excluding hydrogens is 377 g/mol. The van der Waals surface area contributed by atoms with Gasteiger partial charge in [0.15, 0.2) is 6.17 Å². The number of fused-ring (bicyclic) bond motifs is 1. The quantitative estimate of drug-likeness (QED) is 0.801. The van der Waals surface area contributed by atoms with Crippen LogP contribution < -0.4 is 5.43 Å². The van der Waals surface area contributed by atoms with Crippen LogP contribution in [0.2, 0.25) is 0 Å². The highest BCUT2D eigenvalue weighted by molar-refractivity contribution is 5.86. The lowest BCUT2D eigenvalue weighted by atomic mass is 9.89. The lowest BCUT2D eigenvalue weighted by Crippen LogP contribution is -2.47. The molecule has 1 unspecified atom stereocenters. The van der Waals surface area contributed by atoms with Crippen LogP contribution >= 0.6 is 0 Å². The molecule has 4 aliphatic rings. The maximum absolute atomic E-state index is 14.1. The summed E-state index contributed by atoms with van der Waals surface area (Å²) in [6.45, 7) is 1.25. The number of alkyl halides is 3. The van der Waals surface area contributed by atoms with Crippen LogP contribution in [0, 0.1) is 5.92 Å². The molecule has 29 heavy (non-hydrogen) atoms. The van der Waals surface area contributed by atoms with E-state index in [1.807, 2.05) is 23.1 Å². The Morgan fingerprint density at radius 1 is 1.03 bits per heavy atom. The van der Waals surface area contributed by atoms with Crippen molar-refractivity contribution in [1.29, 1.82) is 0 Å². The summed E-state index contributed by atoms with van der Waals surface area (Å²) in [5.41, 5.74) is 3.81. The zero-order valence-electron chi connectivity index (χ0n) is 16.2. The number of nitrogens with one attached hydrogen (secondary N) is 1. The van der Waals surface area contributed by atoms with Crippen LogP contribution in [-0.2, 0) is 0 Å². The SMILES string of the molecule is FC(F)(F)C1=C(N2CCC(c3ccccc3)CC2)C=CN2C(CC3CC3)=NNC12. The predicted octanol–water partition coefficient (Wildman–Crippen LogP) is 4.55. The van der Waals surface area contributed by atoms with Crippen molar-refractivity contribution in [3.8, 4) is 0 Å². The van der Waals surface area contributed by atoms with Gasteiger partial charge in [-0.05, 0) is 49.2 Å². The van der Waals surface area contributed by atoms with Crippen molar-refractivity contribution < 1.29 is 13.2 Å². The standard InChI is InChI=1S/C22H25F3N4/c23-22(24,25)20-18(10-13-29-19(14-15-6-7-15)26-27-21(20)29)28-11-8-17(9-12-28)16-4-2-1-3-5-16/h1-5,10,13,15,17,21,27H,6-9,11-12,14H2. The number of allylic oxidation sites excluding steroid dienone is 1. The molecule has 0 spiro atoms. The molecular formula is C22H25F3N4. The normalized spacial score (nSPS) is 25.2. The summed E-state index contributed by atoms with van der Waals surface area (Å²) in [5, 5.41) is 4.24. The molecule has 0 radical (unpaired) electrons. The molecule has 2 fully saturated rings. The fraction of sp³-hybridized carbons (Fsp3) is 0.500. The van der Waals surface area contributed by atoms with E-state index < -0.39 is 17.9 Å². The first-order valence-electron chi connectivity index (χ1n) is 10.4. The topological polar surface area (TPSA) is 30.9 Å². The Morgan fingerprint density at radius 2 is 1.76 bits per heavy atom. The van der Waals surface area contributed by atoms with E-state index in [2.05, 4.69) is 22.7 Å². The monoisotopic (exact) mass is 402 g/mol. The summed E-state index contributed by atoms with van der Waals surface area (Å²) in [4.78, 5) is 3.57. The molecule has 1 saturated heterocycles. The van der Waals surface area contributed by atoms with E-state index in [4.69, 9.17) is 0 Å². The highest BCUT2D eigenvalue weighted by Gasteiger charge is 2.48. The van der Waals surface area contributed by atoms with E-state index in [1.165, 1.54) is 5.56 Å². The highest BCUT2D eigenvalue weighted by atomic mass is 19.4. The molecule has 4 nitrogen and oxygen atoms in total. The van der Waals surface area contributed by atoms with Crippen LogP contribution in [0.5, 0.6) is 0 Å². The van der Waals surface area contributed by atoms with E-state index >= 15 is 0 Å². The Hall–Kier alpha value is -2.44.